The normalized spacial score (nSPS) is 15.3. The van der Waals surface area contributed by atoms with Gasteiger partial charge in [0.25, 0.3) is 0 Å². The number of ketones is 1. The number of hydrogen-bond donors (Lipinski definition) is 1. The third-order valence-corrected chi connectivity index (χ3v) is 10.8. The van der Waals surface area contributed by atoms with Gasteiger partial charge < -0.3 is 9.87 Å². The number of carbonyl (C=O) groups is 2. The Kier molecular flexibility index (Phi) is 14.1. The van der Waals surface area contributed by atoms with E-state index in [9.17, 15) is 22.6 Å². The summed E-state index contributed by atoms with van der Waals surface area (Å²) in [6, 6.07) is 28.9. The van der Waals surface area contributed by atoms with Crippen LogP contribution in [0.4, 0.5) is 5.69 Å². The van der Waals surface area contributed by atoms with E-state index in [0.29, 0.717) is 28.6 Å². The Morgan fingerprint density at radius 3 is 2.14 bits per heavy atom. The van der Waals surface area contributed by atoms with Crippen molar-refractivity contribution in [2.24, 2.45) is 11.3 Å². The molecular formula is C42H45ClNNaO5S. The second-order valence-electron chi connectivity index (χ2n) is 14.5. The fraction of sp³-hybridized carbons (Fsp3) is 0.333. The molecule has 1 aliphatic carbocycles. The van der Waals surface area contributed by atoms with Crippen molar-refractivity contribution in [3.63, 3.8) is 0 Å². The van der Waals surface area contributed by atoms with Gasteiger partial charge in [-0.3, -0.25) is 9.59 Å². The van der Waals surface area contributed by atoms with Crippen molar-refractivity contribution in [1.82, 2.24) is 0 Å². The van der Waals surface area contributed by atoms with Crippen LogP contribution in [0.15, 0.2) is 97.1 Å². The first kappa shape index (κ1) is 40.7. The van der Waals surface area contributed by atoms with Gasteiger partial charge in [0.05, 0.1) is 16.0 Å². The number of allylic oxidation sites excluding steroid dienone is 2. The van der Waals surface area contributed by atoms with Crippen molar-refractivity contribution < 1.29 is 52.1 Å². The van der Waals surface area contributed by atoms with Crippen LogP contribution in [0.1, 0.15) is 91.4 Å². The Bertz CT molecular complexity index is 1970. The van der Waals surface area contributed by atoms with Gasteiger partial charge in [-0.25, -0.2) is 8.42 Å². The molecule has 4 aromatic rings. The van der Waals surface area contributed by atoms with Gasteiger partial charge in [0.2, 0.25) is 5.91 Å². The zero-order valence-corrected chi connectivity index (χ0v) is 33.7. The predicted molar refractivity (Wildman–Crippen MR) is 202 cm³/mol. The van der Waals surface area contributed by atoms with Gasteiger partial charge in [-0.15, -0.1) is 0 Å². The van der Waals surface area contributed by atoms with E-state index in [4.69, 9.17) is 11.6 Å². The number of anilines is 1. The second-order valence-corrected chi connectivity index (χ2v) is 16.4. The Balaban J connectivity index is 0.00000583. The smallest absolute Gasteiger partial charge is 0.748 e. The largest absolute Gasteiger partial charge is 1.00 e. The summed E-state index contributed by atoms with van der Waals surface area (Å²) in [6.07, 6.45) is 6.00. The average Bonchev–Trinajstić information content (AvgIpc) is 3.07. The molecule has 0 fully saturated rings. The fourth-order valence-corrected chi connectivity index (χ4v) is 7.43. The average molecular weight is 734 g/mol. The molecule has 4 aromatic carbocycles. The number of aryl methyl sites for hydroxylation is 1. The van der Waals surface area contributed by atoms with Crippen molar-refractivity contribution in [3.05, 3.63) is 130 Å². The number of Topliss-reactive ketones (excluding diaryl/α,β-unsaturated/α-hetero) is 1. The quantitative estimate of drug-likeness (QED) is 0.0958. The minimum absolute atomic E-state index is 0. The summed E-state index contributed by atoms with van der Waals surface area (Å²) in [5.74, 6) is -0.773. The summed E-state index contributed by atoms with van der Waals surface area (Å²) in [7, 11) is -4.36. The van der Waals surface area contributed by atoms with E-state index >= 15 is 0 Å². The topological polar surface area (TPSA) is 103 Å². The third kappa shape index (κ3) is 11.5. The maximum Gasteiger partial charge on any atom is 1.00 e. The molecule has 0 radical (unpaired) electrons. The monoisotopic (exact) mass is 733 g/mol. The van der Waals surface area contributed by atoms with E-state index in [-0.39, 0.29) is 59.5 Å². The van der Waals surface area contributed by atoms with E-state index in [1.54, 1.807) is 12.1 Å². The molecule has 0 heterocycles. The van der Waals surface area contributed by atoms with Gasteiger partial charge >= 0.3 is 29.6 Å². The van der Waals surface area contributed by atoms with Crippen LogP contribution in [0, 0.1) is 18.3 Å². The van der Waals surface area contributed by atoms with Gasteiger partial charge in [0.15, 0.2) is 5.78 Å². The Morgan fingerprint density at radius 2 is 1.57 bits per heavy atom. The molecule has 262 valence electrons. The molecule has 51 heavy (non-hydrogen) atoms. The van der Waals surface area contributed by atoms with Crippen molar-refractivity contribution in [1.29, 1.82) is 0 Å². The second kappa shape index (κ2) is 17.7. The molecule has 9 heteroatoms. The number of hydrogen-bond acceptors (Lipinski definition) is 5. The van der Waals surface area contributed by atoms with Gasteiger partial charge in [-0.2, -0.15) is 0 Å². The Labute approximate surface area is 330 Å². The summed E-state index contributed by atoms with van der Waals surface area (Å²) in [4.78, 5) is 26.6. The standard InChI is InChI=1S/C42H46ClNO5S.Na/c1-28-26-36(43)21-24-38(28)32-17-22-37(23-18-32)44-41(46)39(27-29-7-9-34(10-8-29)40(45)6-5-25-50(47,48)49)33-13-11-30(12-14-33)31-15-19-35(20-16-31)42(2,3)4;/h7-15,17-18,21-24,26,35,39H,5-6,16,19-20,25,27H2,1-4H3,(H,44,46)(H,47,48,49);/q;+1/p-1/t35-,39?;/m0./s1. The molecule has 1 aliphatic rings. The SMILES string of the molecule is Cc1cc(Cl)ccc1-c1ccc(NC(=O)C(Cc2ccc(C(=O)CCCS(=O)(=O)[O-])cc2)c2ccc(C3=CC[C@H](C(C)(C)C)CC3)cc2)cc1.[Na+]. The Hall–Kier alpha value is -3.04. The molecule has 0 saturated heterocycles. The number of nitrogens with one attached hydrogen (secondary N) is 1. The van der Waals surface area contributed by atoms with E-state index in [1.807, 2.05) is 73.7 Å². The number of benzene rings is 4. The van der Waals surface area contributed by atoms with Crippen molar-refractivity contribution >= 4 is 44.7 Å². The van der Waals surface area contributed by atoms with E-state index < -0.39 is 21.8 Å². The molecule has 1 N–H and O–H groups in total. The summed E-state index contributed by atoms with van der Waals surface area (Å²) >= 11 is 6.15. The minimum atomic E-state index is -4.36. The number of carbonyl (C=O) groups excluding carboxylic acids is 2. The summed E-state index contributed by atoms with van der Waals surface area (Å²) in [6.45, 7) is 8.94. The van der Waals surface area contributed by atoms with Crippen molar-refractivity contribution in [2.45, 2.75) is 72.1 Å². The maximum atomic E-state index is 14.0. The maximum absolute atomic E-state index is 14.0. The minimum Gasteiger partial charge on any atom is -0.748 e. The molecule has 2 atom stereocenters. The van der Waals surface area contributed by atoms with Gasteiger partial charge in [0.1, 0.15) is 0 Å². The van der Waals surface area contributed by atoms with E-state index in [0.717, 1.165) is 47.1 Å². The van der Waals surface area contributed by atoms with Crippen LogP contribution in [0.25, 0.3) is 16.7 Å². The van der Waals surface area contributed by atoms with Crippen LogP contribution in [-0.4, -0.2) is 30.4 Å². The van der Waals surface area contributed by atoms with E-state index in [1.165, 1.54) is 11.1 Å². The van der Waals surface area contributed by atoms with E-state index in [2.05, 4.69) is 44.3 Å². The van der Waals surface area contributed by atoms with Crippen LogP contribution in [0.2, 0.25) is 5.02 Å². The molecule has 0 saturated carbocycles. The molecule has 5 rings (SSSR count). The fourth-order valence-electron chi connectivity index (χ4n) is 6.70. The van der Waals surface area contributed by atoms with Crippen molar-refractivity contribution in [2.75, 3.05) is 11.1 Å². The predicted octanol–water partition coefficient (Wildman–Crippen LogP) is 7.02. The summed E-state index contributed by atoms with van der Waals surface area (Å²) in [5, 5.41) is 3.81. The van der Waals surface area contributed by atoms with Crippen LogP contribution < -0.4 is 34.9 Å². The molecule has 1 amide bonds. The molecule has 0 spiro atoms. The first-order chi connectivity index (χ1) is 23.7. The first-order valence-electron chi connectivity index (χ1n) is 17.2. The molecular weight excluding hydrogens is 689 g/mol. The zero-order valence-electron chi connectivity index (χ0n) is 30.2. The molecule has 0 aliphatic heterocycles. The summed E-state index contributed by atoms with van der Waals surface area (Å²) in [5.41, 5.74) is 8.88. The number of amides is 1. The van der Waals surface area contributed by atoms with Crippen molar-refractivity contribution in [3.8, 4) is 11.1 Å². The molecule has 1 unspecified atom stereocenters. The molecule has 6 nitrogen and oxygen atoms in total. The molecule has 0 aromatic heterocycles. The van der Waals surface area contributed by atoms with Crippen LogP contribution in [-0.2, 0) is 21.3 Å². The number of halogens is 1. The van der Waals surface area contributed by atoms with Gasteiger partial charge in [-0.1, -0.05) is 105 Å². The Morgan fingerprint density at radius 1 is 0.922 bits per heavy atom. The van der Waals surface area contributed by atoms with Gasteiger partial charge in [-0.05, 0) is 114 Å². The zero-order chi connectivity index (χ0) is 36.1. The van der Waals surface area contributed by atoms with Crippen LogP contribution in [0.3, 0.4) is 0 Å². The summed E-state index contributed by atoms with van der Waals surface area (Å²) < 4.78 is 32.8. The first-order valence-corrected chi connectivity index (χ1v) is 19.1. The van der Waals surface area contributed by atoms with Crippen LogP contribution in [0.5, 0.6) is 0 Å². The molecule has 0 bridgehead atoms. The third-order valence-electron chi connectivity index (χ3n) is 9.80. The number of rotatable bonds is 12. The van der Waals surface area contributed by atoms with Gasteiger partial charge in [0, 0.05) is 28.4 Å². The van der Waals surface area contributed by atoms with Crippen LogP contribution >= 0.6 is 11.6 Å².